The number of anilines is 1. The highest BCUT2D eigenvalue weighted by Gasteiger charge is 2.16. The van der Waals surface area contributed by atoms with E-state index in [1.807, 2.05) is 19.9 Å². The summed E-state index contributed by atoms with van der Waals surface area (Å²) >= 11 is 0. The molecule has 0 aliphatic carbocycles. The van der Waals surface area contributed by atoms with Crippen molar-refractivity contribution in [1.29, 1.82) is 0 Å². The summed E-state index contributed by atoms with van der Waals surface area (Å²) in [5.74, 6) is -0.274. The summed E-state index contributed by atoms with van der Waals surface area (Å²) in [5, 5.41) is 9.62. The van der Waals surface area contributed by atoms with Crippen LogP contribution < -0.4 is 11.1 Å². The first-order chi connectivity index (χ1) is 9.63. The predicted octanol–water partition coefficient (Wildman–Crippen LogP) is 1.58. The molecule has 1 amide bonds. The van der Waals surface area contributed by atoms with Gasteiger partial charge in [0.2, 0.25) is 0 Å². The molecule has 2 aromatic rings. The monoisotopic (exact) mass is 273 g/mol. The Balaban J connectivity index is 2.04. The average Bonchev–Trinajstić information content (AvgIpc) is 2.80. The van der Waals surface area contributed by atoms with E-state index >= 15 is 0 Å². The van der Waals surface area contributed by atoms with Crippen molar-refractivity contribution in [2.24, 2.45) is 0 Å². The van der Waals surface area contributed by atoms with E-state index in [4.69, 9.17) is 5.73 Å². The largest absolute Gasteiger partial charge is 0.395 e. The van der Waals surface area contributed by atoms with E-state index in [1.54, 1.807) is 12.4 Å². The van der Waals surface area contributed by atoms with E-state index in [1.165, 1.54) is 0 Å². The van der Waals surface area contributed by atoms with E-state index in [0.29, 0.717) is 12.2 Å². The molecule has 0 aliphatic rings. The third-order valence-corrected chi connectivity index (χ3v) is 3.18. The van der Waals surface area contributed by atoms with Crippen molar-refractivity contribution in [1.82, 2.24) is 20.5 Å². The molecule has 2 rings (SSSR count). The van der Waals surface area contributed by atoms with Crippen molar-refractivity contribution >= 4 is 11.6 Å². The summed E-state index contributed by atoms with van der Waals surface area (Å²) in [6, 6.07) is 1.91. The topological polar surface area (TPSA) is 96.7 Å². The Labute approximate surface area is 117 Å². The number of hydrogen-bond acceptors (Lipinski definition) is 4. The minimum absolute atomic E-state index is 0.259. The second kappa shape index (κ2) is 6.18. The zero-order valence-corrected chi connectivity index (χ0v) is 11.7. The van der Waals surface area contributed by atoms with Gasteiger partial charge in [0, 0.05) is 18.9 Å². The normalized spacial score (nSPS) is 10.5. The molecule has 0 atom stereocenters. The highest BCUT2D eigenvalue weighted by atomic mass is 16.1. The molecule has 2 heterocycles. The Morgan fingerprint density at radius 3 is 3.00 bits per heavy atom. The maximum absolute atomic E-state index is 12.1. The van der Waals surface area contributed by atoms with Gasteiger partial charge in [0.05, 0.1) is 11.4 Å². The molecule has 0 aromatic carbocycles. The van der Waals surface area contributed by atoms with Crippen LogP contribution in [0.1, 0.15) is 40.7 Å². The highest BCUT2D eigenvalue weighted by Crippen LogP contribution is 2.15. The van der Waals surface area contributed by atoms with E-state index in [0.717, 1.165) is 29.7 Å². The molecule has 0 fully saturated rings. The smallest absolute Gasteiger partial charge is 0.274 e. The molecule has 2 aromatic heterocycles. The molecule has 0 saturated carbocycles. The van der Waals surface area contributed by atoms with E-state index < -0.39 is 0 Å². The third-order valence-electron chi connectivity index (χ3n) is 3.18. The van der Waals surface area contributed by atoms with E-state index in [2.05, 4.69) is 20.5 Å². The number of pyridine rings is 1. The zero-order chi connectivity index (χ0) is 14.5. The Morgan fingerprint density at radius 1 is 1.50 bits per heavy atom. The van der Waals surface area contributed by atoms with Crippen molar-refractivity contribution in [3.8, 4) is 0 Å². The Kier molecular flexibility index (Phi) is 4.34. The molecular weight excluding hydrogens is 254 g/mol. The van der Waals surface area contributed by atoms with E-state index in [-0.39, 0.29) is 11.6 Å². The molecule has 106 valence electrons. The number of nitrogen functional groups attached to an aromatic ring is 1. The standard InChI is InChI=1S/C14H19N5O/c1-3-4-11-12(15)13(19-18-11)14(20)17-8-10-7-16-6-5-9(10)2/h5-7H,3-4,8,15H2,1-2H3,(H,17,20)(H,18,19). The minimum atomic E-state index is -0.274. The van der Waals surface area contributed by atoms with Gasteiger partial charge in [-0.3, -0.25) is 14.9 Å². The molecule has 6 heteroatoms. The van der Waals surface area contributed by atoms with Crippen LogP contribution >= 0.6 is 0 Å². The predicted molar refractivity (Wildman–Crippen MR) is 77.1 cm³/mol. The van der Waals surface area contributed by atoms with Crippen molar-refractivity contribution in [2.45, 2.75) is 33.2 Å². The number of aromatic nitrogens is 3. The van der Waals surface area contributed by atoms with Gasteiger partial charge < -0.3 is 11.1 Å². The van der Waals surface area contributed by atoms with Crippen LogP contribution in [0.3, 0.4) is 0 Å². The fraction of sp³-hybridized carbons (Fsp3) is 0.357. The number of aromatic amines is 1. The van der Waals surface area contributed by atoms with Gasteiger partial charge in [-0.1, -0.05) is 13.3 Å². The van der Waals surface area contributed by atoms with Crippen LogP contribution in [-0.2, 0) is 13.0 Å². The van der Waals surface area contributed by atoms with Crippen molar-refractivity contribution in [2.75, 3.05) is 5.73 Å². The molecule has 0 radical (unpaired) electrons. The SMILES string of the molecule is CCCc1[nH]nc(C(=O)NCc2cnccc2C)c1N. The van der Waals surface area contributed by atoms with Crippen LogP contribution in [0, 0.1) is 6.92 Å². The molecule has 0 saturated heterocycles. The van der Waals surface area contributed by atoms with Crippen LogP contribution in [0.25, 0.3) is 0 Å². The van der Waals surface area contributed by atoms with Crippen molar-refractivity contribution in [3.05, 3.63) is 41.0 Å². The number of nitrogens with zero attached hydrogens (tertiary/aromatic N) is 2. The van der Waals surface area contributed by atoms with Crippen LogP contribution in [-0.4, -0.2) is 21.1 Å². The lowest BCUT2D eigenvalue weighted by molar-refractivity contribution is 0.0946. The van der Waals surface area contributed by atoms with Crippen molar-refractivity contribution < 1.29 is 4.79 Å². The molecule has 20 heavy (non-hydrogen) atoms. The lowest BCUT2D eigenvalue weighted by atomic mass is 10.1. The summed E-state index contributed by atoms with van der Waals surface area (Å²) in [7, 11) is 0. The molecule has 0 bridgehead atoms. The molecule has 0 unspecified atom stereocenters. The second-order valence-electron chi connectivity index (χ2n) is 4.70. The van der Waals surface area contributed by atoms with Crippen LogP contribution in [0.15, 0.2) is 18.5 Å². The van der Waals surface area contributed by atoms with Gasteiger partial charge in [-0.2, -0.15) is 5.10 Å². The van der Waals surface area contributed by atoms with Gasteiger partial charge in [0.25, 0.3) is 5.91 Å². The number of hydrogen-bond donors (Lipinski definition) is 3. The second-order valence-corrected chi connectivity index (χ2v) is 4.70. The number of carbonyl (C=O) groups excluding carboxylic acids is 1. The number of nitrogens with two attached hydrogens (primary N) is 1. The maximum Gasteiger partial charge on any atom is 0.274 e. The molecule has 0 spiro atoms. The first kappa shape index (κ1) is 14.0. The number of H-pyrrole nitrogens is 1. The lowest BCUT2D eigenvalue weighted by Gasteiger charge is -2.06. The summed E-state index contributed by atoms with van der Waals surface area (Å²) in [4.78, 5) is 16.1. The van der Waals surface area contributed by atoms with Gasteiger partial charge in [0.15, 0.2) is 5.69 Å². The summed E-state index contributed by atoms with van der Waals surface area (Å²) < 4.78 is 0. The molecule has 0 aliphatic heterocycles. The highest BCUT2D eigenvalue weighted by molar-refractivity contribution is 5.97. The minimum Gasteiger partial charge on any atom is -0.395 e. The average molecular weight is 273 g/mol. The molecule has 4 N–H and O–H groups in total. The molecular formula is C14H19N5O. The fourth-order valence-corrected chi connectivity index (χ4v) is 1.94. The Morgan fingerprint density at radius 2 is 2.30 bits per heavy atom. The zero-order valence-electron chi connectivity index (χ0n) is 11.7. The number of carbonyl (C=O) groups is 1. The van der Waals surface area contributed by atoms with Gasteiger partial charge in [-0.15, -0.1) is 0 Å². The van der Waals surface area contributed by atoms with Crippen molar-refractivity contribution in [3.63, 3.8) is 0 Å². The Bertz CT molecular complexity index is 605. The van der Waals surface area contributed by atoms with Crippen LogP contribution in [0.2, 0.25) is 0 Å². The number of aryl methyl sites for hydroxylation is 2. The molecule has 6 nitrogen and oxygen atoms in total. The number of amides is 1. The summed E-state index contributed by atoms with van der Waals surface area (Å²) in [5.41, 5.74) is 9.49. The van der Waals surface area contributed by atoms with Gasteiger partial charge in [-0.25, -0.2) is 0 Å². The third kappa shape index (κ3) is 2.96. The first-order valence-corrected chi connectivity index (χ1v) is 6.63. The maximum atomic E-state index is 12.1. The van der Waals surface area contributed by atoms with Gasteiger partial charge >= 0.3 is 0 Å². The summed E-state index contributed by atoms with van der Waals surface area (Å²) in [6.45, 7) is 4.44. The Hall–Kier alpha value is -2.37. The number of rotatable bonds is 5. The van der Waals surface area contributed by atoms with Gasteiger partial charge in [-0.05, 0) is 30.5 Å². The van der Waals surface area contributed by atoms with Crippen LogP contribution in [0.5, 0.6) is 0 Å². The lowest BCUT2D eigenvalue weighted by Crippen LogP contribution is -2.24. The quantitative estimate of drug-likeness (QED) is 0.770. The van der Waals surface area contributed by atoms with Crippen LogP contribution in [0.4, 0.5) is 5.69 Å². The van der Waals surface area contributed by atoms with E-state index in [9.17, 15) is 4.79 Å². The van der Waals surface area contributed by atoms with Gasteiger partial charge in [0.1, 0.15) is 0 Å². The summed E-state index contributed by atoms with van der Waals surface area (Å²) in [6.07, 6.45) is 5.20. The first-order valence-electron chi connectivity index (χ1n) is 6.63. The number of nitrogens with one attached hydrogen (secondary N) is 2. The fourth-order valence-electron chi connectivity index (χ4n) is 1.94.